The molecule has 2 aromatic rings. The largest absolute Gasteiger partial charge is 0.467 e. The SMILES string of the molecule is O=C(NCc1ccco1)C(=O)NNC(=O)c1ccccc1Br. The third kappa shape index (κ3) is 4.19. The van der Waals surface area contributed by atoms with Crippen LogP contribution in [0.5, 0.6) is 0 Å². The molecular formula is C14H12BrN3O4. The molecule has 0 spiro atoms. The summed E-state index contributed by atoms with van der Waals surface area (Å²) in [7, 11) is 0. The number of carbonyl (C=O) groups excluding carboxylic acids is 3. The third-order valence-corrected chi connectivity index (χ3v) is 3.31. The first-order valence-corrected chi connectivity index (χ1v) is 7.02. The van der Waals surface area contributed by atoms with Gasteiger partial charge in [-0.1, -0.05) is 12.1 Å². The van der Waals surface area contributed by atoms with Crippen molar-refractivity contribution < 1.29 is 18.8 Å². The van der Waals surface area contributed by atoms with E-state index in [1.807, 2.05) is 5.43 Å². The van der Waals surface area contributed by atoms with Crippen LogP contribution in [0.4, 0.5) is 0 Å². The highest BCUT2D eigenvalue weighted by Crippen LogP contribution is 2.15. The number of hydrogen-bond donors (Lipinski definition) is 3. The molecule has 1 aromatic carbocycles. The van der Waals surface area contributed by atoms with Crippen LogP contribution in [-0.4, -0.2) is 17.7 Å². The van der Waals surface area contributed by atoms with E-state index in [1.165, 1.54) is 6.26 Å². The van der Waals surface area contributed by atoms with Crippen molar-refractivity contribution in [2.75, 3.05) is 0 Å². The Kier molecular flexibility index (Phi) is 5.31. The average molecular weight is 366 g/mol. The standard InChI is InChI=1S/C14H12BrN3O4/c15-11-6-2-1-5-10(11)12(19)17-18-14(21)13(20)16-8-9-4-3-7-22-9/h1-7H,8H2,(H,16,20)(H,17,19)(H,18,21). The zero-order chi connectivity index (χ0) is 15.9. The van der Waals surface area contributed by atoms with E-state index in [1.54, 1.807) is 36.4 Å². The van der Waals surface area contributed by atoms with E-state index in [-0.39, 0.29) is 6.54 Å². The van der Waals surface area contributed by atoms with Gasteiger partial charge in [-0.05, 0) is 40.2 Å². The van der Waals surface area contributed by atoms with Crippen molar-refractivity contribution in [3.8, 4) is 0 Å². The summed E-state index contributed by atoms with van der Waals surface area (Å²) in [5.41, 5.74) is 4.53. The Balaban J connectivity index is 1.80. The summed E-state index contributed by atoms with van der Waals surface area (Å²) in [6.45, 7) is 0.0808. The molecule has 0 aliphatic rings. The number of hydrazine groups is 1. The molecule has 3 N–H and O–H groups in total. The lowest BCUT2D eigenvalue weighted by Gasteiger charge is -2.08. The lowest BCUT2D eigenvalue weighted by atomic mass is 10.2. The molecule has 2 rings (SSSR count). The molecule has 0 aliphatic carbocycles. The van der Waals surface area contributed by atoms with Gasteiger partial charge in [0.25, 0.3) is 5.91 Å². The van der Waals surface area contributed by atoms with Crippen molar-refractivity contribution in [2.45, 2.75) is 6.54 Å². The first-order chi connectivity index (χ1) is 10.6. The summed E-state index contributed by atoms with van der Waals surface area (Å²) in [5, 5.41) is 2.35. The summed E-state index contributed by atoms with van der Waals surface area (Å²) in [6, 6.07) is 10.0. The number of carbonyl (C=O) groups is 3. The van der Waals surface area contributed by atoms with Crippen molar-refractivity contribution >= 4 is 33.7 Å². The zero-order valence-corrected chi connectivity index (χ0v) is 12.8. The summed E-state index contributed by atoms with van der Waals surface area (Å²) >= 11 is 3.22. The second-order valence-corrected chi connectivity index (χ2v) is 5.00. The number of furan rings is 1. The van der Waals surface area contributed by atoms with Gasteiger partial charge in [0, 0.05) is 4.47 Å². The van der Waals surface area contributed by atoms with E-state index in [0.29, 0.717) is 15.8 Å². The Morgan fingerprint density at radius 3 is 2.45 bits per heavy atom. The van der Waals surface area contributed by atoms with Crippen molar-refractivity contribution in [1.29, 1.82) is 0 Å². The normalized spacial score (nSPS) is 9.86. The molecule has 0 aliphatic heterocycles. The van der Waals surface area contributed by atoms with Crippen LogP contribution in [0.1, 0.15) is 16.1 Å². The van der Waals surface area contributed by atoms with Crippen molar-refractivity contribution in [1.82, 2.24) is 16.2 Å². The summed E-state index contributed by atoms with van der Waals surface area (Å²) in [4.78, 5) is 34.9. The first-order valence-electron chi connectivity index (χ1n) is 6.23. The molecule has 114 valence electrons. The average Bonchev–Trinajstić information content (AvgIpc) is 3.03. The summed E-state index contributed by atoms with van der Waals surface area (Å²) < 4.78 is 5.58. The summed E-state index contributed by atoms with van der Waals surface area (Å²) in [5.74, 6) is -1.89. The van der Waals surface area contributed by atoms with E-state index in [0.717, 1.165) is 0 Å². The van der Waals surface area contributed by atoms with E-state index >= 15 is 0 Å². The zero-order valence-electron chi connectivity index (χ0n) is 11.3. The fourth-order valence-electron chi connectivity index (χ4n) is 1.54. The number of benzene rings is 1. The quantitative estimate of drug-likeness (QED) is 0.560. The van der Waals surface area contributed by atoms with Gasteiger partial charge in [-0.15, -0.1) is 0 Å². The lowest BCUT2D eigenvalue weighted by Crippen LogP contribution is -2.48. The molecule has 1 aromatic heterocycles. The van der Waals surface area contributed by atoms with Crippen LogP contribution >= 0.6 is 15.9 Å². The molecule has 8 heteroatoms. The van der Waals surface area contributed by atoms with Gasteiger partial charge >= 0.3 is 11.8 Å². The molecule has 0 saturated heterocycles. The Morgan fingerprint density at radius 2 is 1.77 bits per heavy atom. The second-order valence-electron chi connectivity index (χ2n) is 4.15. The first kappa shape index (κ1) is 15.8. The molecule has 0 atom stereocenters. The van der Waals surface area contributed by atoms with Gasteiger partial charge in [0.2, 0.25) is 0 Å². The van der Waals surface area contributed by atoms with Gasteiger partial charge in [0.05, 0.1) is 18.4 Å². The van der Waals surface area contributed by atoms with Gasteiger partial charge in [-0.2, -0.15) is 0 Å². The number of hydrogen-bond acceptors (Lipinski definition) is 4. The number of amides is 3. The smallest absolute Gasteiger partial charge is 0.327 e. The van der Waals surface area contributed by atoms with Crippen molar-refractivity contribution in [2.24, 2.45) is 0 Å². The Morgan fingerprint density at radius 1 is 1.00 bits per heavy atom. The number of rotatable bonds is 3. The van der Waals surface area contributed by atoms with Crippen LogP contribution < -0.4 is 16.2 Å². The van der Waals surface area contributed by atoms with Gasteiger partial charge in [0.1, 0.15) is 5.76 Å². The topological polar surface area (TPSA) is 100 Å². The van der Waals surface area contributed by atoms with Crippen molar-refractivity contribution in [3.63, 3.8) is 0 Å². The molecular weight excluding hydrogens is 354 g/mol. The Labute approximate surface area is 134 Å². The van der Waals surface area contributed by atoms with Gasteiger partial charge in [-0.25, -0.2) is 0 Å². The van der Waals surface area contributed by atoms with Crippen LogP contribution in [0.3, 0.4) is 0 Å². The van der Waals surface area contributed by atoms with Crippen molar-refractivity contribution in [3.05, 3.63) is 58.5 Å². The van der Waals surface area contributed by atoms with E-state index in [2.05, 4.69) is 26.7 Å². The fraction of sp³-hybridized carbons (Fsp3) is 0.0714. The third-order valence-electron chi connectivity index (χ3n) is 2.62. The Bertz CT molecular complexity index is 685. The highest BCUT2D eigenvalue weighted by molar-refractivity contribution is 9.10. The number of nitrogens with one attached hydrogen (secondary N) is 3. The van der Waals surface area contributed by atoms with Crippen LogP contribution in [0, 0.1) is 0 Å². The maximum absolute atomic E-state index is 11.8. The molecule has 7 nitrogen and oxygen atoms in total. The molecule has 0 saturated carbocycles. The summed E-state index contributed by atoms with van der Waals surface area (Å²) in [6.07, 6.45) is 1.46. The maximum atomic E-state index is 11.8. The Hall–Kier alpha value is -2.61. The molecule has 0 unspecified atom stereocenters. The monoisotopic (exact) mass is 365 g/mol. The van der Waals surface area contributed by atoms with Gasteiger partial charge < -0.3 is 9.73 Å². The minimum atomic E-state index is -0.980. The maximum Gasteiger partial charge on any atom is 0.327 e. The fourth-order valence-corrected chi connectivity index (χ4v) is 2.01. The molecule has 1 heterocycles. The molecule has 0 bridgehead atoms. The minimum absolute atomic E-state index is 0.0808. The van der Waals surface area contributed by atoms with E-state index < -0.39 is 17.7 Å². The van der Waals surface area contributed by atoms with Gasteiger partial charge in [-0.3, -0.25) is 25.2 Å². The van der Waals surface area contributed by atoms with E-state index in [9.17, 15) is 14.4 Å². The molecule has 0 fully saturated rings. The predicted molar refractivity (Wildman–Crippen MR) is 80.3 cm³/mol. The molecule has 3 amide bonds. The second kappa shape index (κ2) is 7.41. The van der Waals surface area contributed by atoms with E-state index in [4.69, 9.17) is 4.42 Å². The highest BCUT2D eigenvalue weighted by atomic mass is 79.9. The molecule has 0 radical (unpaired) electrons. The van der Waals surface area contributed by atoms with Crippen LogP contribution in [0.2, 0.25) is 0 Å². The highest BCUT2D eigenvalue weighted by Gasteiger charge is 2.15. The van der Waals surface area contributed by atoms with Gasteiger partial charge in [0.15, 0.2) is 0 Å². The van der Waals surface area contributed by atoms with Crippen LogP contribution in [-0.2, 0) is 16.1 Å². The van der Waals surface area contributed by atoms with Crippen LogP contribution in [0.15, 0.2) is 51.6 Å². The minimum Gasteiger partial charge on any atom is -0.467 e. The van der Waals surface area contributed by atoms with Crippen LogP contribution in [0.25, 0.3) is 0 Å². The molecule has 22 heavy (non-hydrogen) atoms. The number of halogens is 1. The predicted octanol–water partition coefficient (Wildman–Crippen LogP) is 1.12. The lowest BCUT2D eigenvalue weighted by molar-refractivity contribution is -0.139.